The summed E-state index contributed by atoms with van der Waals surface area (Å²) in [6, 6.07) is 15.5. The van der Waals surface area contributed by atoms with E-state index in [1.165, 1.54) is 50.8 Å². The van der Waals surface area contributed by atoms with Gasteiger partial charge in [-0.1, -0.05) is 56.5 Å². The van der Waals surface area contributed by atoms with Crippen molar-refractivity contribution in [2.45, 2.75) is 90.4 Å². The Morgan fingerprint density at radius 1 is 0.935 bits per heavy atom. The summed E-state index contributed by atoms with van der Waals surface area (Å²) in [4.78, 5) is 29.3. The molecule has 0 radical (unpaired) electrons. The van der Waals surface area contributed by atoms with E-state index in [1.54, 1.807) is 24.0 Å². The van der Waals surface area contributed by atoms with Crippen LogP contribution >= 0.6 is 0 Å². The molecule has 3 aromatic rings. The van der Waals surface area contributed by atoms with Crippen LogP contribution in [0, 0.1) is 31.5 Å². The molecule has 2 amide bonds. The van der Waals surface area contributed by atoms with Gasteiger partial charge < -0.3 is 15.5 Å². The van der Waals surface area contributed by atoms with Crippen molar-refractivity contribution in [1.82, 2.24) is 4.90 Å². The highest BCUT2D eigenvalue weighted by Crippen LogP contribution is 2.40. The number of anilines is 2. The molecule has 3 aromatic carbocycles. The highest BCUT2D eigenvalue weighted by atomic mass is 19.4. The third kappa shape index (κ3) is 7.56. The van der Waals surface area contributed by atoms with Gasteiger partial charge in [0.2, 0.25) is 5.91 Å². The summed E-state index contributed by atoms with van der Waals surface area (Å²) < 4.78 is 55.8. The maximum absolute atomic E-state index is 15.0. The van der Waals surface area contributed by atoms with Crippen molar-refractivity contribution in [3.8, 4) is 0 Å². The first kappa shape index (κ1) is 33.5. The van der Waals surface area contributed by atoms with Crippen molar-refractivity contribution in [2.75, 3.05) is 17.2 Å². The Morgan fingerprint density at radius 2 is 1.67 bits per heavy atom. The molecule has 1 saturated carbocycles. The molecule has 0 aromatic heterocycles. The molecular weight excluding hydrogens is 594 g/mol. The van der Waals surface area contributed by atoms with Crippen LogP contribution in [0.15, 0.2) is 60.7 Å². The number of aryl methyl sites for hydroxylation is 2. The van der Waals surface area contributed by atoms with Crippen LogP contribution in [-0.4, -0.2) is 29.3 Å². The van der Waals surface area contributed by atoms with E-state index in [0.717, 1.165) is 30.5 Å². The summed E-state index contributed by atoms with van der Waals surface area (Å²) in [5.41, 5.74) is 1.37. The smallest absolute Gasteiger partial charge is 0.382 e. The molecule has 0 spiro atoms. The molecule has 0 bridgehead atoms. The molecule has 1 saturated heterocycles. The fraction of sp³-hybridized carbons (Fsp3) is 0.459. The van der Waals surface area contributed by atoms with Gasteiger partial charge in [-0.15, -0.1) is 0 Å². The molecule has 2 aliphatic rings. The predicted molar refractivity (Wildman–Crippen MR) is 173 cm³/mol. The number of hydrogen-bond donors (Lipinski definition) is 2. The highest BCUT2D eigenvalue weighted by molar-refractivity contribution is 5.98. The lowest BCUT2D eigenvalue weighted by atomic mass is 9.83. The first-order valence-electron chi connectivity index (χ1n) is 16.4. The molecule has 246 valence electrons. The van der Waals surface area contributed by atoms with Crippen molar-refractivity contribution < 1.29 is 27.2 Å². The van der Waals surface area contributed by atoms with Gasteiger partial charge in [0, 0.05) is 24.0 Å². The Morgan fingerprint density at radius 3 is 2.37 bits per heavy atom. The fourth-order valence-corrected chi connectivity index (χ4v) is 7.17. The minimum Gasteiger partial charge on any atom is -0.382 e. The Balaban J connectivity index is 1.43. The molecule has 1 aliphatic heterocycles. The number of piperidine rings is 1. The van der Waals surface area contributed by atoms with E-state index in [4.69, 9.17) is 0 Å². The van der Waals surface area contributed by atoms with Gasteiger partial charge in [-0.25, -0.2) is 4.39 Å². The molecular formula is C37H43F4N3O2. The predicted octanol–water partition coefficient (Wildman–Crippen LogP) is 9.46. The molecule has 4 atom stereocenters. The maximum atomic E-state index is 15.0. The van der Waals surface area contributed by atoms with E-state index in [1.807, 2.05) is 24.3 Å². The summed E-state index contributed by atoms with van der Waals surface area (Å²) in [6.45, 7) is 5.57. The lowest BCUT2D eigenvalue weighted by Crippen LogP contribution is -2.46. The van der Waals surface area contributed by atoms with E-state index in [-0.39, 0.29) is 16.8 Å². The van der Waals surface area contributed by atoms with Crippen molar-refractivity contribution in [1.29, 1.82) is 0 Å². The number of carbonyl (C=O) groups excluding carboxylic acids is 2. The van der Waals surface area contributed by atoms with Gasteiger partial charge in [-0.3, -0.25) is 9.59 Å². The van der Waals surface area contributed by atoms with Gasteiger partial charge in [0.1, 0.15) is 5.82 Å². The van der Waals surface area contributed by atoms with Crippen molar-refractivity contribution in [3.05, 3.63) is 94.3 Å². The molecule has 46 heavy (non-hydrogen) atoms. The summed E-state index contributed by atoms with van der Waals surface area (Å²) >= 11 is 0. The zero-order valence-corrected chi connectivity index (χ0v) is 26.7. The van der Waals surface area contributed by atoms with Crippen molar-refractivity contribution >= 4 is 23.2 Å². The number of amides is 2. The average molecular weight is 638 g/mol. The molecule has 1 aliphatic carbocycles. The lowest BCUT2D eigenvalue weighted by molar-refractivity contribution is -0.138. The highest BCUT2D eigenvalue weighted by Gasteiger charge is 2.41. The molecule has 1 heterocycles. The SMILES string of the molecule is CCCCC1CCC(Nc2ccc([C@H]3[C@@H](C(=O)Nc4ccc(C)c(C(F)(F)F)c4)CCCN3C(=O)c3c(C)cccc3F)cc2)C1. The number of nitrogens with one attached hydrogen (secondary N) is 2. The Hall–Kier alpha value is -3.88. The second-order valence-electron chi connectivity index (χ2n) is 12.9. The zero-order chi connectivity index (χ0) is 33.0. The largest absolute Gasteiger partial charge is 0.416 e. The lowest BCUT2D eigenvalue weighted by Gasteiger charge is -2.41. The third-order valence-corrected chi connectivity index (χ3v) is 9.61. The van der Waals surface area contributed by atoms with Crippen molar-refractivity contribution in [2.24, 2.45) is 11.8 Å². The fourth-order valence-electron chi connectivity index (χ4n) is 7.17. The van der Waals surface area contributed by atoms with Crippen LogP contribution < -0.4 is 10.6 Å². The molecule has 2 N–H and O–H groups in total. The van der Waals surface area contributed by atoms with Crippen molar-refractivity contribution in [3.63, 3.8) is 0 Å². The van der Waals surface area contributed by atoms with E-state index in [2.05, 4.69) is 17.6 Å². The minimum absolute atomic E-state index is 0.0309. The summed E-state index contributed by atoms with van der Waals surface area (Å²) in [5.74, 6) is -1.67. The van der Waals surface area contributed by atoms with E-state index < -0.39 is 41.3 Å². The van der Waals surface area contributed by atoms with Gasteiger partial charge in [-0.2, -0.15) is 13.2 Å². The van der Waals surface area contributed by atoms with Crippen LogP contribution in [0.3, 0.4) is 0 Å². The standard InChI is InChI=1S/C37H43F4N3O2/c1-4-5-9-25-13-17-28(21-25)42-27-18-14-26(15-19-27)34-30(35(45)43-29-16-12-23(2)31(22-29)37(39,40)41)10-7-20-44(34)36(46)33-24(3)8-6-11-32(33)38/h6,8,11-12,14-16,18-19,22,25,28,30,34,42H,4-5,7,9-10,13,17,20-21H2,1-3H3,(H,43,45)/t25?,28?,30-,34-/m0/s1. The Labute approximate surface area is 268 Å². The normalized spacial score (nSPS) is 21.7. The van der Waals surface area contributed by atoms with Gasteiger partial charge in [0.25, 0.3) is 5.91 Å². The number of alkyl halides is 3. The Kier molecular flexibility index (Phi) is 10.4. The average Bonchev–Trinajstić information content (AvgIpc) is 3.47. The van der Waals surface area contributed by atoms with Gasteiger partial charge in [0.15, 0.2) is 0 Å². The quantitative estimate of drug-likeness (QED) is 0.230. The topological polar surface area (TPSA) is 61.4 Å². The van der Waals surface area contributed by atoms with Crippen LogP contribution in [0.2, 0.25) is 0 Å². The Bertz CT molecular complexity index is 1520. The first-order chi connectivity index (χ1) is 22.0. The first-order valence-corrected chi connectivity index (χ1v) is 16.4. The number of benzene rings is 3. The van der Waals surface area contributed by atoms with Crippen LogP contribution in [0.25, 0.3) is 0 Å². The van der Waals surface area contributed by atoms with Gasteiger partial charge in [-0.05, 0) is 98.9 Å². The second-order valence-corrected chi connectivity index (χ2v) is 12.9. The van der Waals surface area contributed by atoms with E-state index in [0.29, 0.717) is 36.6 Å². The number of carbonyl (C=O) groups is 2. The molecule has 2 fully saturated rings. The summed E-state index contributed by atoms with van der Waals surface area (Å²) in [6.07, 6.45) is 3.49. The summed E-state index contributed by atoms with van der Waals surface area (Å²) in [7, 11) is 0. The maximum Gasteiger partial charge on any atom is 0.416 e. The van der Waals surface area contributed by atoms with Gasteiger partial charge in [0.05, 0.1) is 23.1 Å². The number of halogens is 4. The number of likely N-dealkylation sites (tertiary alicyclic amines) is 1. The van der Waals surface area contributed by atoms with Crippen LogP contribution in [-0.2, 0) is 11.0 Å². The monoisotopic (exact) mass is 637 g/mol. The van der Waals surface area contributed by atoms with E-state index in [9.17, 15) is 22.8 Å². The van der Waals surface area contributed by atoms with Gasteiger partial charge >= 0.3 is 6.18 Å². The molecule has 5 rings (SSSR count). The minimum atomic E-state index is -4.57. The summed E-state index contributed by atoms with van der Waals surface area (Å²) in [5, 5.41) is 6.33. The third-order valence-electron chi connectivity index (χ3n) is 9.61. The number of hydrogen-bond acceptors (Lipinski definition) is 3. The molecule has 5 nitrogen and oxygen atoms in total. The van der Waals surface area contributed by atoms with Crippen LogP contribution in [0.1, 0.15) is 96.9 Å². The zero-order valence-electron chi connectivity index (χ0n) is 26.7. The van der Waals surface area contributed by atoms with Crippen LogP contribution in [0.5, 0.6) is 0 Å². The van der Waals surface area contributed by atoms with Crippen LogP contribution in [0.4, 0.5) is 28.9 Å². The molecule has 9 heteroatoms. The number of rotatable bonds is 9. The second kappa shape index (κ2) is 14.3. The van der Waals surface area contributed by atoms with E-state index >= 15 is 4.39 Å². The number of unbranched alkanes of at least 4 members (excludes halogenated alkanes) is 1. The number of nitrogens with zero attached hydrogens (tertiary/aromatic N) is 1. The molecule has 2 unspecified atom stereocenters.